The Kier molecular flexibility index (Phi) is 8.51. The van der Waals surface area contributed by atoms with E-state index in [1.807, 2.05) is 78.3 Å². The minimum atomic E-state index is -0.948. The van der Waals surface area contributed by atoms with Crippen LogP contribution < -0.4 is 5.32 Å². The monoisotopic (exact) mass is 740 g/mol. The van der Waals surface area contributed by atoms with E-state index >= 15 is 4.39 Å². The summed E-state index contributed by atoms with van der Waals surface area (Å²) in [6.45, 7) is 0. The van der Waals surface area contributed by atoms with Gasteiger partial charge in [0.25, 0.3) is 0 Å². The van der Waals surface area contributed by atoms with Crippen molar-refractivity contribution >= 4 is 45.9 Å². The zero-order valence-electron chi connectivity index (χ0n) is 28.4. The Hall–Kier alpha value is -5.45. The molecular formula is C42H34ClFN6O2S. The highest BCUT2D eigenvalue weighted by Crippen LogP contribution is 2.48. The van der Waals surface area contributed by atoms with Crippen LogP contribution in [0.4, 0.5) is 10.2 Å². The number of benzene rings is 3. The SMILES string of the molecule is O=C(O)[C@H]1C2CCC(CC2)[C@@H]1Nc1nc(-c2cn(C(c3ccccc3)(c3ccccc3)c3ccccc3)c3ncc(Cl)nc23)nc(-c2cccs2)c1F. The van der Waals surface area contributed by atoms with Gasteiger partial charge in [-0.05, 0) is 65.7 Å². The number of nitrogens with zero attached hydrogens (tertiary/aromatic N) is 5. The van der Waals surface area contributed by atoms with Crippen LogP contribution in [-0.2, 0) is 10.3 Å². The number of hydrogen-bond acceptors (Lipinski definition) is 7. The largest absolute Gasteiger partial charge is 0.481 e. The van der Waals surface area contributed by atoms with Crippen molar-refractivity contribution < 1.29 is 14.3 Å². The van der Waals surface area contributed by atoms with Gasteiger partial charge in [0.15, 0.2) is 23.1 Å². The minimum absolute atomic E-state index is 0.0291. The highest BCUT2D eigenvalue weighted by molar-refractivity contribution is 7.13. The first-order valence-corrected chi connectivity index (χ1v) is 19.0. The first-order valence-electron chi connectivity index (χ1n) is 17.7. The van der Waals surface area contributed by atoms with Crippen molar-refractivity contribution in [2.24, 2.45) is 17.8 Å². The summed E-state index contributed by atoms with van der Waals surface area (Å²) in [5.74, 6) is -1.81. The van der Waals surface area contributed by atoms with Crippen LogP contribution in [0, 0.1) is 23.6 Å². The van der Waals surface area contributed by atoms with Gasteiger partial charge in [0.05, 0.1) is 22.6 Å². The number of carbonyl (C=O) groups is 1. The molecule has 0 spiro atoms. The van der Waals surface area contributed by atoms with Crippen LogP contribution in [-0.4, -0.2) is 41.6 Å². The molecule has 264 valence electrons. The summed E-state index contributed by atoms with van der Waals surface area (Å²) < 4.78 is 18.8. The lowest BCUT2D eigenvalue weighted by molar-refractivity contribution is -0.148. The Labute approximate surface area is 314 Å². The van der Waals surface area contributed by atoms with E-state index in [1.165, 1.54) is 17.5 Å². The molecule has 4 aromatic heterocycles. The third-order valence-electron chi connectivity index (χ3n) is 11.1. The van der Waals surface area contributed by atoms with E-state index in [-0.39, 0.29) is 34.3 Å². The first kappa shape index (κ1) is 33.4. The van der Waals surface area contributed by atoms with Gasteiger partial charge in [0.2, 0.25) is 0 Å². The van der Waals surface area contributed by atoms with Crippen LogP contribution in [0.1, 0.15) is 42.4 Å². The standard InChI is InChI=1S/C42H34ClFN6O2S/c43-32-23-45-40-36(46-32)30(24-50(40)42(27-11-4-1-5-12-27,28-13-6-2-7-14-28)29-15-8-3-9-16-29)38-48-37(31-17-10-22-53-31)34(44)39(49-38)47-35-26-20-18-25(19-21-26)33(35)41(51)52/h1-17,22-26,33,35H,18-21H2,(H,51,52)(H,47,48,49)/t25?,26?,33-,35-/m0/s1. The first-order chi connectivity index (χ1) is 25.9. The highest BCUT2D eigenvalue weighted by atomic mass is 35.5. The number of hydrogen-bond donors (Lipinski definition) is 2. The Balaban J connectivity index is 1.31. The number of aromatic nitrogens is 5. The van der Waals surface area contributed by atoms with Gasteiger partial charge in [0, 0.05) is 12.2 Å². The van der Waals surface area contributed by atoms with Crippen molar-refractivity contribution in [3.8, 4) is 22.0 Å². The summed E-state index contributed by atoms with van der Waals surface area (Å²) in [4.78, 5) is 32.7. The van der Waals surface area contributed by atoms with Gasteiger partial charge in [-0.15, -0.1) is 11.3 Å². The van der Waals surface area contributed by atoms with E-state index in [9.17, 15) is 9.90 Å². The second kappa shape index (κ2) is 13.5. The molecule has 3 aromatic carbocycles. The lowest BCUT2D eigenvalue weighted by Gasteiger charge is -2.47. The molecule has 3 aliphatic rings. The third-order valence-corrected chi connectivity index (χ3v) is 12.1. The summed E-state index contributed by atoms with van der Waals surface area (Å²) >= 11 is 7.95. The Morgan fingerprint density at radius 2 is 1.43 bits per heavy atom. The molecule has 0 saturated heterocycles. The van der Waals surface area contributed by atoms with E-state index in [2.05, 4.69) is 46.3 Å². The number of rotatable bonds is 9. The van der Waals surface area contributed by atoms with Crippen LogP contribution in [0.3, 0.4) is 0 Å². The van der Waals surface area contributed by atoms with Crippen molar-refractivity contribution in [3.63, 3.8) is 0 Å². The fourth-order valence-corrected chi connectivity index (χ4v) is 9.60. The van der Waals surface area contributed by atoms with Crippen LogP contribution >= 0.6 is 22.9 Å². The maximum atomic E-state index is 16.7. The average molecular weight is 741 g/mol. The molecule has 0 radical (unpaired) electrons. The third kappa shape index (κ3) is 5.59. The molecule has 8 nitrogen and oxygen atoms in total. The van der Waals surface area contributed by atoms with E-state index < -0.39 is 29.3 Å². The van der Waals surface area contributed by atoms with Gasteiger partial charge < -0.3 is 15.0 Å². The maximum absolute atomic E-state index is 16.7. The minimum Gasteiger partial charge on any atom is -0.481 e. The van der Waals surface area contributed by atoms with Gasteiger partial charge in [0.1, 0.15) is 21.9 Å². The van der Waals surface area contributed by atoms with Crippen molar-refractivity contribution in [3.05, 3.63) is 149 Å². The topological polar surface area (TPSA) is 106 Å². The molecule has 11 heteroatoms. The molecule has 2 atom stereocenters. The fourth-order valence-electron chi connectivity index (χ4n) is 8.75. The van der Waals surface area contributed by atoms with Crippen molar-refractivity contribution in [1.82, 2.24) is 24.5 Å². The van der Waals surface area contributed by atoms with Crippen molar-refractivity contribution in [2.75, 3.05) is 5.32 Å². The number of anilines is 1. The van der Waals surface area contributed by atoms with Gasteiger partial charge in [-0.3, -0.25) is 4.79 Å². The molecule has 3 fully saturated rings. The number of nitrogens with one attached hydrogen (secondary N) is 1. The van der Waals surface area contributed by atoms with Crippen LogP contribution in [0.2, 0.25) is 5.15 Å². The maximum Gasteiger partial charge on any atom is 0.308 e. The van der Waals surface area contributed by atoms with Crippen molar-refractivity contribution in [2.45, 2.75) is 37.3 Å². The summed E-state index contributed by atoms with van der Waals surface area (Å²) in [6.07, 6.45) is 6.98. The lowest BCUT2D eigenvalue weighted by atomic mass is 9.61. The molecule has 4 heterocycles. The highest BCUT2D eigenvalue weighted by Gasteiger charge is 2.48. The molecule has 2 bridgehead atoms. The van der Waals surface area contributed by atoms with Crippen molar-refractivity contribution in [1.29, 1.82) is 0 Å². The van der Waals surface area contributed by atoms with Crippen LogP contribution in [0.5, 0.6) is 0 Å². The summed E-state index contributed by atoms with van der Waals surface area (Å²) in [7, 11) is 0. The number of halogens is 2. The van der Waals surface area contributed by atoms with Gasteiger partial charge in [-0.2, -0.15) is 0 Å². The number of carboxylic acid groups (broad SMARTS) is 1. The Morgan fingerprint density at radius 1 is 0.830 bits per heavy atom. The average Bonchev–Trinajstić information content (AvgIpc) is 3.87. The predicted octanol–water partition coefficient (Wildman–Crippen LogP) is 9.55. The normalized spacial score (nSPS) is 19.7. The van der Waals surface area contributed by atoms with Crippen LogP contribution in [0.25, 0.3) is 33.1 Å². The smallest absolute Gasteiger partial charge is 0.308 e. The zero-order chi connectivity index (χ0) is 36.1. The molecule has 53 heavy (non-hydrogen) atoms. The quantitative estimate of drug-likeness (QED) is 0.142. The van der Waals surface area contributed by atoms with E-state index in [4.69, 9.17) is 31.5 Å². The Bertz CT molecular complexity index is 2320. The zero-order valence-corrected chi connectivity index (χ0v) is 30.0. The Morgan fingerprint density at radius 3 is 2.00 bits per heavy atom. The fraction of sp³-hybridized carbons (Fsp3) is 0.214. The molecule has 0 amide bonds. The number of thiophene rings is 1. The van der Waals surface area contributed by atoms with E-state index in [1.54, 1.807) is 0 Å². The molecule has 3 saturated carbocycles. The molecule has 0 unspecified atom stereocenters. The van der Waals surface area contributed by atoms with Gasteiger partial charge >= 0.3 is 5.97 Å². The summed E-state index contributed by atoms with van der Waals surface area (Å²) in [5, 5.41) is 15.7. The molecule has 10 rings (SSSR count). The second-order valence-corrected chi connectivity index (χ2v) is 15.2. The van der Waals surface area contributed by atoms with Crippen LogP contribution in [0.15, 0.2) is 121 Å². The number of carboxylic acids is 1. The lowest BCUT2D eigenvalue weighted by Crippen LogP contribution is -2.51. The molecule has 2 N–H and O–H groups in total. The van der Waals surface area contributed by atoms with Gasteiger partial charge in [-0.25, -0.2) is 24.3 Å². The predicted molar refractivity (Wildman–Crippen MR) is 205 cm³/mol. The number of fused-ring (bicyclic) bond motifs is 4. The molecule has 3 aliphatic carbocycles. The molecule has 0 aliphatic heterocycles. The van der Waals surface area contributed by atoms with E-state index in [0.29, 0.717) is 21.6 Å². The van der Waals surface area contributed by atoms with Gasteiger partial charge in [-0.1, -0.05) is 109 Å². The summed E-state index contributed by atoms with van der Waals surface area (Å²) in [6, 6.07) is 33.8. The second-order valence-electron chi connectivity index (χ2n) is 13.8. The molecule has 7 aromatic rings. The number of aliphatic carboxylic acids is 1. The summed E-state index contributed by atoms with van der Waals surface area (Å²) in [5.41, 5.74) is 3.58. The van der Waals surface area contributed by atoms with E-state index in [0.717, 1.165) is 42.4 Å². The molecular weight excluding hydrogens is 707 g/mol.